The first-order chi connectivity index (χ1) is 9.61. The Morgan fingerprint density at radius 1 is 1.62 bits per heavy atom. The number of rotatable bonds is 5. The Balaban J connectivity index is 0.00000220. The summed E-state index contributed by atoms with van der Waals surface area (Å²) in [7, 11) is 0. The van der Waals surface area contributed by atoms with Gasteiger partial charge in [-0.3, -0.25) is 9.69 Å². The van der Waals surface area contributed by atoms with E-state index in [1.807, 2.05) is 18.4 Å². The molecule has 3 unspecified atom stereocenters. The SMILES string of the molecule is CC(NC(=O)CN1CCCC(C)C1CN)c1cccs1.Cl. The van der Waals surface area contributed by atoms with Gasteiger partial charge >= 0.3 is 0 Å². The molecule has 0 radical (unpaired) electrons. The highest BCUT2D eigenvalue weighted by molar-refractivity contribution is 7.10. The number of nitrogens with zero attached hydrogens (tertiary/aromatic N) is 1. The number of piperidine rings is 1. The van der Waals surface area contributed by atoms with Crippen LogP contribution in [0.15, 0.2) is 17.5 Å². The molecule has 0 bridgehead atoms. The number of hydrogen-bond donors (Lipinski definition) is 2. The minimum absolute atomic E-state index is 0. The summed E-state index contributed by atoms with van der Waals surface area (Å²) in [5.74, 6) is 0.676. The Bertz CT molecular complexity index is 427. The third kappa shape index (κ3) is 4.95. The fourth-order valence-corrected chi connectivity index (χ4v) is 3.73. The van der Waals surface area contributed by atoms with Gasteiger partial charge in [-0.25, -0.2) is 0 Å². The molecule has 1 saturated heterocycles. The third-order valence-corrected chi connectivity index (χ3v) is 5.22. The highest BCUT2D eigenvalue weighted by Crippen LogP contribution is 2.22. The lowest BCUT2D eigenvalue weighted by molar-refractivity contribution is -0.124. The molecule has 3 atom stereocenters. The fraction of sp³-hybridized carbons (Fsp3) is 0.667. The van der Waals surface area contributed by atoms with Crippen molar-refractivity contribution in [3.8, 4) is 0 Å². The minimum Gasteiger partial charge on any atom is -0.348 e. The van der Waals surface area contributed by atoms with Crippen molar-refractivity contribution in [2.24, 2.45) is 11.7 Å². The fourth-order valence-electron chi connectivity index (χ4n) is 2.99. The molecule has 1 amide bonds. The largest absolute Gasteiger partial charge is 0.348 e. The van der Waals surface area contributed by atoms with Gasteiger partial charge in [-0.15, -0.1) is 23.7 Å². The average Bonchev–Trinajstić information content (AvgIpc) is 2.92. The van der Waals surface area contributed by atoms with Crippen molar-refractivity contribution in [2.75, 3.05) is 19.6 Å². The molecule has 0 aromatic carbocycles. The minimum atomic E-state index is 0. The maximum absolute atomic E-state index is 12.2. The van der Waals surface area contributed by atoms with Crippen molar-refractivity contribution in [1.29, 1.82) is 0 Å². The normalized spacial score (nSPS) is 24.1. The summed E-state index contributed by atoms with van der Waals surface area (Å²) >= 11 is 1.68. The van der Waals surface area contributed by atoms with E-state index in [-0.39, 0.29) is 24.4 Å². The maximum Gasteiger partial charge on any atom is 0.234 e. The van der Waals surface area contributed by atoms with Crippen molar-refractivity contribution in [2.45, 2.75) is 38.8 Å². The van der Waals surface area contributed by atoms with Gasteiger partial charge in [0.25, 0.3) is 0 Å². The van der Waals surface area contributed by atoms with E-state index in [4.69, 9.17) is 5.73 Å². The number of carbonyl (C=O) groups excluding carboxylic acids is 1. The van der Waals surface area contributed by atoms with E-state index in [1.54, 1.807) is 11.3 Å². The lowest BCUT2D eigenvalue weighted by Crippen LogP contribution is -2.52. The molecular weight excluding hydrogens is 306 g/mol. The van der Waals surface area contributed by atoms with Crippen LogP contribution in [0.4, 0.5) is 0 Å². The zero-order valence-corrected chi connectivity index (χ0v) is 14.4. The zero-order chi connectivity index (χ0) is 14.5. The molecule has 120 valence electrons. The summed E-state index contributed by atoms with van der Waals surface area (Å²) in [4.78, 5) is 15.6. The van der Waals surface area contributed by atoms with E-state index in [0.29, 0.717) is 25.0 Å². The number of likely N-dealkylation sites (tertiary alicyclic amines) is 1. The van der Waals surface area contributed by atoms with Crippen LogP contribution in [0.25, 0.3) is 0 Å². The molecule has 0 spiro atoms. The van der Waals surface area contributed by atoms with Crippen LogP contribution in [-0.4, -0.2) is 36.5 Å². The number of amides is 1. The predicted octanol–water partition coefficient (Wildman–Crippen LogP) is 2.41. The Labute approximate surface area is 137 Å². The van der Waals surface area contributed by atoms with Crippen LogP contribution in [0.2, 0.25) is 0 Å². The molecule has 6 heteroatoms. The van der Waals surface area contributed by atoms with Crippen molar-refractivity contribution < 1.29 is 4.79 Å². The first kappa shape index (κ1) is 18.4. The second-order valence-electron chi connectivity index (χ2n) is 5.70. The average molecular weight is 332 g/mol. The summed E-state index contributed by atoms with van der Waals surface area (Å²) in [5, 5.41) is 5.11. The van der Waals surface area contributed by atoms with Crippen LogP contribution in [0.3, 0.4) is 0 Å². The van der Waals surface area contributed by atoms with Crippen molar-refractivity contribution >= 4 is 29.7 Å². The lowest BCUT2D eigenvalue weighted by atomic mass is 9.91. The maximum atomic E-state index is 12.2. The number of thiophene rings is 1. The highest BCUT2D eigenvalue weighted by atomic mass is 35.5. The van der Waals surface area contributed by atoms with E-state index in [9.17, 15) is 4.79 Å². The molecule has 1 aromatic heterocycles. The summed E-state index contributed by atoms with van der Waals surface area (Å²) in [6.45, 7) is 6.34. The molecule has 1 aromatic rings. The van der Waals surface area contributed by atoms with Crippen molar-refractivity contribution in [3.63, 3.8) is 0 Å². The zero-order valence-electron chi connectivity index (χ0n) is 12.7. The van der Waals surface area contributed by atoms with Gasteiger partial charge in [0.2, 0.25) is 5.91 Å². The quantitative estimate of drug-likeness (QED) is 0.871. The van der Waals surface area contributed by atoms with E-state index in [0.717, 1.165) is 13.0 Å². The summed E-state index contributed by atoms with van der Waals surface area (Å²) in [5.41, 5.74) is 5.87. The van der Waals surface area contributed by atoms with Gasteiger partial charge in [-0.1, -0.05) is 13.0 Å². The first-order valence-corrected chi connectivity index (χ1v) is 8.26. The molecule has 2 heterocycles. The monoisotopic (exact) mass is 331 g/mol. The van der Waals surface area contributed by atoms with Gasteiger partial charge < -0.3 is 11.1 Å². The number of nitrogens with one attached hydrogen (secondary N) is 1. The number of carbonyl (C=O) groups is 1. The van der Waals surface area contributed by atoms with Crippen molar-refractivity contribution in [1.82, 2.24) is 10.2 Å². The Hall–Kier alpha value is -0.620. The van der Waals surface area contributed by atoms with Crippen LogP contribution < -0.4 is 11.1 Å². The van der Waals surface area contributed by atoms with Gasteiger partial charge in [0, 0.05) is 17.5 Å². The molecule has 1 aliphatic heterocycles. The summed E-state index contributed by atoms with van der Waals surface area (Å²) in [6.07, 6.45) is 2.37. The van der Waals surface area contributed by atoms with Gasteiger partial charge in [-0.05, 0) is 43.7 Å². The highest BCUT2D eigenvalue weighted by Gasteiger charge is 2.28. The molecule has 0 saturated carbocycles. The van der Waals surface area contributed by atoms with Gasteiger partial charge in [0.15, 0.2) is 0 Å². The van der Waals surface area contributed by atoms with E-state index in [1.165, 1.54) is 11.3 Å². The second-order valence-corrected chi connectivity index (χ2v) is 6.68. The lowest BCUT2D eigenvalue weighted by Gasteiger charge is -2.39. The third-order valence-electron chi connectivity index (χ3n) is 4.17. The predicted molar refractivity (Wildman–Crippen MR) is 90.9 cm³/mol. The van der Waals surface area contributed by atoms with Crippen molar-refractivity contribution in [3.05, 3.63) is 22.4 Å². The van der Waals surface area contributed by atoms with Gasteiger partial charge in [0.1, 0.15) is 0 Å². The summed E-state index contributed by atoms with van der Waals surface area (Å²) < 4.78 is 0. The Morgan fingerprint density at radius 2 is 2.38 bits per heavy atom. The van der Waals surface area contributed by atoms with E-state index >= 15 is 0 Å². The van der Waals surface area contributed by atoms with Gasteiger partial charge in [-0.2, -0.15) is 0 Å². The molecule has 0 aliphatic carbocycles. The number of halogens is 1. The van der Waals surface area contributed by atoms with Crippen LogP contribution >= 0.6 is 23.7 Å². The van der Waals surface area contributed by atoms with Gasteiger partial charge in [0.05, 0.1) is 12.6 Å². The van der Waals surface area contributed by atoms with E-state index < -0.39 is 0 Å². The standard InChI is InChI=1S/C15H25N3OS.ClH/c1-11-5-3-7-18(13(11)9-16)10-15(19)17-12(2)14-6-4-8-20-14;/h4,6,8,11-13H,3,5,7,9-10,16H2,1-2H3,(H,17,19);1H. The molecule has 2 rings (SSSR count). The molecule has 3 N–H and O–H groups in total. The van der Waals surface area contributed by atoms with Crippen LogP contribution in [0.5, 0.6) is 0 Å². The van der Waals surface area contributed by atoms with Crippen LogP contribution in [0, 0.1) is 5.92 Å². The second kappa shape index (κ2) is 8.73. The van der Waals surface area contributed by atoms with Crippen LogP contribution in [0.1, 0.15) is 37.6 Å². The Morgan fingerprint density at radius 3 is 3.00 bits per heavy atom. The first-order valence-electron chi connectivity index (χ1n) is 7.38. The number of nitrogens with two attached hydrogens (primary N) is 1. The van der Waals surface area contributed by atoms with Crippen LogP contribution in [-0.2, 0) is 4.79 Å². The topological polar surface area (TPSA) is 58.4 Å². The summed E-state index contributed by atoms with van der Waals surface area (Å²) in [6, 6.07) is 4.49. The molecule has 1 aliphatic rings. The molecule has 21 heavy (non-hydrogen) atoms. The van der Waals surface area contributed by atoms with E-state index in [2.05, 4.69) is 23.2 Å². The molecule has 4 nitrogen and oxygen atoms in total. The number of hydrogen-bond acceptors (Lipinski definition) is 4. The molecular formula is C15H26ClN3OS. The molecule has 1 fully saturated rings. The Kier molecular flexibility index (Phi) is 7.66. The smallest absolute Gasteiger partial charge is 0.234 e.